The van der Waals surface area contributed by atoms with Gasteiger partial charge in [0.05, 0.1) is 36.0 Å². The Hall–Kier alpha value is -4.58. The summed E-state index contributed by atoms with van der Waals surface area (Å²) in [4.78, 5) is 66.6. The molecular weight excluding hydrogens is 508 g/mol. The predicted molar refractivity (Wildman–Crippen MR) is 140 cm³/mol. The van der Waals surface area contributed by atoms with Gasteiger partial charge in [-0.15, -0.1) is 11.3 Å². The molecule has 1 saturated heterocycles. The van der Waals surface area contributed by atoms with Gasteiger partial charge in [-0.05, 0) is 12.1 Å². The van der Waals surface area contributed by atoms with Crippen LogP contribution in [0.2, 0.25) is 0 Å². The molecular formula is C26H24N6O5S. The van der Waals surface area contributed by atoms with E-state index in [1.807, 2.05) is 6.07 Å². The zero-order valence-electron chi connectivity index (χ0n) is 20.7. The third kappa shape index (κ3) is 4.50. The molecule has 4 heterocycles. The minimum absolute atomic E-state index is 0.104. The van der Waals surface area contributed by atoms with Crippen molar-refractivity contribution in [1.29, 1.82) is 0 Å². The highest BCUT2D eigenvalue weighted by molar-refractivity contribution is 7.17. The molecule has 0 aliphatic carbocycles. The number of carbonyl (C=O) groups excluding carboxylic acids is 4. The maximum atomic E-state index is 13.4. The number of fused-ring (bicyclic) bond motifs is 1. The van der Waals surface area contributed by atoms with Gasteiger partial charge in [0, 0.05) is 45.0 Å². The summed E-state index contributed by atoms with van der Waals surface area (Å²) in [5, 5.41) is 3.44. The van der Waals surface area contributed by atoms with Gasteiger partial charge in [0.1, 0.15) is 21.3 Å². The van der Waals surface area contributed by atoms with Crippen LogP contribution in [0.5, 0.6) is 5.75 Å². The summed E-state index contributed by atoms with van der Waals surface area (Å²) in [7, 11) is 2.99. The quantitative estimate of drug-likeness (QED) is 0.287. The van der Waals surface area contributed by atoms with Crippen molar-refractivity contribution in [3.63, 3.8) is 0 Å². The molecule has 3 amide bonds. The van der Waals surface area contributed by atoms with E-state index in [2.05, 4.69) is 20.3 Å². The van der Waals surface area contributed by atoms with Crippen LogP contribution in [0.1, 0.15) is 30.4 Å². The molecule has 0 atom stereocenters. The molecule has 5 rings (SSSR count). The van der Waals surface area contributed by atoms with Crippen LogP contribution >= 0.6 is 11.3 Å². The summed E-state index contributed by atoms with van der Waals surface area (Å²) in [6, 6.07) is 8.95. The number of ketones is 1. The second-order valence-corrected chi connectivity index (χ2v) is 9.55. The molecule has 1 fully saturated rings. The van der Waals surface area contributed by atoms with Crippen molar-refractivity contribution in [2.75, 3.05) is 40.3 Å². The lowest BCUT2D eigenvalue weighted by molar-refractivity contribution is -0.127. The van der Waals surface area contributed by atoms with Crippen LogP contribution in [0.15, 0.2) is 48.9 Å². The number of carbonyl (C=O) groups is 4. The van der Waals surface area contributed by atoms with Gasteiger partial charge in [-0.25, -0.2) is 9.97 Å². The average molecular weight is 533 g/mol. The number of pyridine rings is 1. The number of Topliss-reactive ketones (excluding diaryl/α,β-unsaturated/α-hetero) is 1. The number of thiazole rings is 1. The van der Waals surface area contributed by atoms with Crippen molar-refractivity contribution < 1.29 is 23.9 Å². The van der Waals surface area contributed by atoms with Gasteiger partial charge in [-0.2, -0.15) is 0 Å². The van der Waals surface area contributed by atoms with Crippen LogP contribution in [0, 0.1) is 0 Å². The number of methoxy groups -OCH3 is 1. The summed E-state index contributed by atoms with van der Waals surface area (Å²) in [6.45, 7) is 1.15. The molecule has 11 nitrogen and oxygen atoms in total. The van der Waals surface area contributed by atoms with Gasteiger partial charge in [0.2, 0.25) is 0 Å². The van der Waals surface area contributed by atoms with E-state index in [1.54, 1.807) is 29.2 Å². The van der Waals surface area contributed by atoms with E-state index in [1.165, 1.54) is 37.6 Å². The van der Waals surface area contributed by atoms with Crippen molar-refractivity contribution in [3.05, 3.63) is 64.9 Å². The van der Waals surface area contributed by atoms with Crippen molar-refractivity contribution in [2.45, 2.75) is 0 Å². The highest BCUT2D eigenvalue weighted by atomic mass is 32.1. The molecule has 0 radical (unpaired) electrons. The maximum absolute atomic E-state index is 13.4. The monoisotopic (exact) mass is 532 g/mol. The number of hydrogen-bond acceptors (Lipinski definition) is 8. The number of rotatable bonds is 6. The largest absolute Gasteiger partial charge is 0.494 e. The fourth-order valence-corrected chi connectivity index (χ4v) is 5.23. The number of H-pyrrole nitrogens is 1. The number of aromatic amines is 1. The van der Waals surface area contributed by atoms with Gasteiger partial charge in [-0.1, -0.05) is 18.2 Å². The van der Waals surface area contributed by atoms with Crippen molar-refractivity contribution in [2.24, 2.45) is 0 Å². The molecule has 0 unspecified atom stereocenters. The zero-order chi connectivity index (χ0) is 26.8. The Morgan fingerprint density at radius 3 is 2.39 bits per heavy atom. The zero-order valence-corrected chi connectivity index (χ0v) is 21.5. The van der Waals surface area contributed by atoms with E-state index >= 15 is 0 Å². The normalized spacial score (nSPS) is 13.4. The maximum Gasteiger partial charge on any atom is 0.295 e. The molecule has 0 bridgehead atoms. The topological polar surface area (TPSA) is 138 Å². The molecule has 1 aliphatic heterocycles. The Balaban J connectivity index is 1.37. The van der Waals surface area contributed by atoms with Crippen molar-refractivity contribution >= 4 is 45.7 Å². The minimum atomic E-state index is -0.695. The van der Waals surface area contributed by atoms with Gasteiger partial charge < -0.3 is 24.8 Å². The van der Waals surface area contributed by atoms with Gasteiger partial charge in [0.15, 0.2) is 0 Å². The van der Waals surface area contributed by atoms with E-state index in [4.69, 9.17) is 4.74 Å². The number of nitrogens with zero attached hydrogens (tertiary/aromatic N) is 4. The van der Waals surface area contributed by atoms with Gasteiger partial charge >= 0.3 is 0 Å². The number of amides is 3. The molecule has 0 spiro atoms. The highest BCUT2D eigenvalue weighted by Crippen LogP contribution is 2.36. The van der Waals surface area contributed by atoms with Gasteiger partial charge in [-0.3, -0.25) is 19.2 Å². The first-order valence-corrected chi connectivity index (χ1v) is 12.6. The van der Waals surface area contributed by atoms with E-state index in [9.17, 15) is 19.2 Å². The van der Waals surface area contributed by atoms with E-state index in [0.717, 1.165) is 11.3 Å². The lowest BCUT2D eigenvalue weighted by Crippen LogP contribution is -2.52. The minimum Gasteiger partial charge on any atom is -0.494 e. The van der Waals surface area contributed by atoms with Crippen LogP contribution in [0.4, 0.5) is 0 Å². The molecule has 3 aromatic heterocycles. The van der Waals surface area contributed by atoms with E-state index < -0.39 is 11.7 Å². The molecule has 38 heavy (non-hydrogen) atoms. The fraction of sp³-hybridized carbons (Fsp3) is 0.231. The number of benzene rings is 1. The average Bonchev–Trinajstić information content (AvgIpc) is 3.64. The Kier molecular flexibility index (Phi) is 6.88. The molecule has 12 heteroatoms. The van der Waals surface area contributed by atoms with Crippen molar-refractivity contribution in [3.8, 4) is 16.5 Å². The van der Waals surface area contributed by atoms with Gasteiger partial charge in [0.25, 0.3) is 23.5 Å². The smallest absolute Gasteiger partial charge is 0.295 e. The molecule has 0 saturated carbocycles. The van der Waals surface area contributed by atoms with Crippen LogP contribution in [0.3, 0.4) is 0 Å². The second kappa shape index (κ2) is 10.4. The summed E-state index contributed by atoms with van der Waals surface area (Å²) >= 11 is 1.16. The molecule has 2 N–H and O–H groups in total. The second-order valence-electron chi connectivity index (χ2n) is 8.52. The Labute approximate surface area is 221 Å². The first kappa shape index (κ1) is 25.1. The first-order chi connectivity index (χ1) is 18.4. The molecule has 1 aliphatic rings. The summed E-state index contributed by atoms with van der Waals surface area (Å²) in [5.41, 5.74) is 1.63. The standard InChI is InChI=1S/C26H24N6O5S/c1-27-23(34)18-14-30-24(38-18)21-20-19(17(37-2)13-29-21)16(12-28-20)22(33)26(36)32-10-8-31(9-11-32)25(35)15-6-4-3-5-7-15/h3-7,12-14,28H,8-11H2,1-2H3,(H,27,34). The number of nitrogens with one attached hydrogen (secondary N) is 2. The Bertz CT molecular complexity index is 1540. The van der Waals surface area contributed by atoms with E-state index in [-0.39, 0.29) is 30.5 Å². The highest BCUT2D eigenvalue weighted by Gasteiger charge is 2.31. The lowest BCUT2D eigenvalue weighted by atomic mass is 10.1. The fourth-order valence-electron chi connectivity index (χ4n) is 4.36. The van der Waals surface area contributed by atoms with Crippen LogP contribution in [-0.4, -0.2) is 88.6 Å². The van der Waals surface area contributed by atoms with E-state index in [0.29, 0.717) is 50.9 Å². The Morgan fingerprint density at radius 2 is 1.71 bits per heavy atom. The first-order valence-electron chi connectivity index (χ1n) is 11.8. The number of ether oxygens (including phenoxy) is 1. The van der Waals surface area contributed by atoms with Crippen LogP contribution in [0.25, 0.3) is 21.6 Å². The third-order valence-electron chi connectivity index (χ3n) is 6.37. The Morgan fingerprint density at radius 1 is 1.00 bits per heavy atom. The number of piperazine rings is 1. The summed E-state index contributed by atoms with van der Waals surface area (Å²) < 4.78 is 5.45. The SMILES string of the molecule is CNC(=O)c1cnc(-c2ncc(OC)c3c(C(=O)C(=O)N4CCN(C(=O)c5ccccc5)CC4)c[nH]c23)s1. The predicted octanol–water partition coefficient (Wildman–Crippen LogP) is 2.22. The molecule has 1 aromatic carbocycles. The third-order valence-corrected chi connectivity index (χ3v) is 7.37. The number of hydrogen-bond donors (Lipinski definition) is 2. The summed E-state index contributed by atoms with van der Waals surface area (Å²) in [5.74, 6) is -1.40. The van der Waals surface area contributed by atoms with Crippen LogP contribution in [-0.2, 0) is 4.79 Å². The molecule has 4 aromatic rings. The van der Waals surface area contributed by atoms with Crippen molar-refractivity contribution in [1.82, 2.24) is 30.1 Å². The van der Waals surface area contributed by atoms with Crippen LogP contribution < -0.4 is 10.1 Å². The lowest BCUT2D eigenvalue weighted by Gasteiger charge is -2.34. The number of aromatic nitrogens is 3. The molecule has 194 valence electrons. The summed E-state index contributed by atoms with van der Waals surface area (Å²) in [6.07, 6.45) is 4.38.